The van der Waals surface area contributed by atoms with Crippen LogP contribution in [0.5, 0.6) is 0 Å². The van der Waals surface area contributed by atoms with E-state index >= 15 is 4.39 Å². The number of rotatable bonds is 5. The molecule has 1 saturated heterocycles. The summed E-state index contributed by atoms with van der Waals surface area (Å²) in [7, 11) is -4.21. The fourth-order valence-corrected chi connectivity index (χ4v) is 7.49. The van der Waals surface area contributed by atoms with Crippen molar-refractivity contribution in [3.8, 4) is 11.3 Å². The van der Waals surface area contributed by atoms with Crippen LogP contribution in [0.3, 0.4) is 0 Å². The molecule has 1 aliphatic rings. The summed E-state index contributed by atoms with van der Waals surface area (Å²) in [6, 6.07) is 18.0. The first-order valence-corrected chi connectivity index (χ1v) is 14.9. The Hall–Kier alpha value is -2.66. The van der Waals surface area contributed by atoms with Crippen molar-refractivity contribution in [3.05, 3.63) is 104 Å². The SMILES string of the molecule is O=C(c1ccc(Br)c(Cl)c1)N1CCS(=O)(=O)[C@](F)(c2ncc(Cc3ccccc3-c3ccccn3)s2)C1. The van der Waals surface area contributed by atoms with Crippen LogP contribution in [-0.2, 0) is 21.3 Å². The number of thiazole rings is 1. The van der Waals surface area contributed by atoms with Crippen molar-refractivity contribution < 1.29 is 17.6 Å². The van der Waals surface area contributed by atoms with Gasteiger partial charge < -0.3 is 4.90 Å². The summed E-state index contributed by atoms with van der Waals surface area (Å²) in [4.78, 5) is 23.6. The van der Waals surface area contributed by atoms with Crippen molar-refractivity contribution in [2.45, 2.75) is 11.4 Å². The lowest BCUT2D eigenvalue weighted by molar-refractivity contribution is 0.0666. The zero-order valence-corrected chi connectivity index (χ0v) is 23.2. The molecule has 0 unspecified atom stereocenters. The summed E-state index contributed by atoms with van der Waals surface area (Å²) in [5, 5.41) is -2.65. The number of carbonyl (C=O) groups excluding carboxylic acids is 1. The molecule has 0 radical (unpaired) electrons. The smallest absolute Gasteiger partial charge is 0.278 e. The summed E-state index contributed by atoms with van der Waals surface area (Å²) in [6.45, 7) is -0.754. The Balaban J connectivity index is 1.42. The van der Waals surface area contributed by atoms with Gasteiger partial charge in [-0.2, -0.15) is 0 Å². The van der Waals surface area contributed by atoms with E-state index in [9.17, 15) is 13.2 Å². The number of hydrogen-bond donors (Lipinski definition) is 0. The van der Waals surface area contributed by atoms with E-state index in [2.05, 4.69) is 25.9 Å². The summed E-state index contributed by atoms with van der Waals surface area (Å²) >= 11 is 10.4. The number of aromatic nitrogens is 2. The van der Waals surface area contributed by atoms with Crippen LogP contribution in [0.25, 0.3) is 11.3 Å². The first kappa shape index (κ1) is 26.0. The van der Waals surface area contributed by atoms with Gasteiger partial charge in [-0.25, -0.2) is 17.8 Å². The molecule has 11 heteroatoms. The van der Waals surface area contributed by atoms with Gasteiger partial charge in [0.2, 0.25) is 0 Å². The van der Waals surface area contributed by atoms with Gasteiger partial charge in [-0.05, 0) is 51.8 Å². The molecule has 5 rings (SSSR count). The molecular weight excluding hydrogens is 601 g/mol. The van der Waals surface area contributed by atoms with E-state index in [0.717, 1.165) is 28.2 Å². The molecule has 37 heavy (non-hydrogen) atoms. The lowest BCUT2D eigenvalue weighted by Gasteiger charge is -2.35. The monoisotopic (exact) mass is 619 g/mol. The largest absolute Gasteiger partial charge is 0.333 e. The van der Waals surface area contributed by atoms with Gasteiger partial charge in [0, 0.05) is 45.8 Å². The predicted molar refractivity (Wildman–Crippen MR) is 146 cm³/mol. The molecule has 1 amide bonds. The van der Waals surface area contributed by atoms with E-state index in [1.54, 1.807) is 18.3 Å². The van der Waals surface area contributed by atoms with E-state index in [4.69, 9.17) is 11.6 Å². The van der Waals surface area contributed by atoms with Gasteiger partial charge in [-0.3, -0.25) is 9.78 Å². The zero-order valence-electron chi connectivity index (χ0n) is 19.3. The van der Waals surface area contributed by atoms with Gasteiger partial charge in [0.1, 0.15) is 5.01 Å². The van der Waals surface area contributed by atoms with E-state index in [0.29, 0.717) is 20.8 Å². The molecule has 6 nitrogen and oxygen atoms in total. The Kier molecular flexibility index (Phi) is 7.19. The molecule has 0 N–H and O–H groups in total. The average Bonchev–Trinajstić information content (AvgIpc) is 3.37. The van der Waals surface area contributed by atoms with Crippen LogP contribution >= 0.6 is 38.9 Å². The van der Waals surface area contributed by atoms with Crippen LogP contribution in [0.2, 0.25) is 5.02 Å². The second kappa shape index (κ2) is 10.2. The third kappa shape index (κ3) is 5.07. The number of hydrogen-bond acceptors (Lipinski definition) is 6. The van der Waals surface area contributed by atoms with Crippen LogP contribution in [0.1, 0.15) is 25.8 Å². The summed E-state index contributed by atoms with van der Waals surface area (Å²) in [6.07, 6.45) is 3.65. The van der Waals surface area contributed by atoms with Gasteiger partial charge in [0.25, 0.3) is 10.9 Å². The van der Waals surface area contributed by atoms with Crippen LogP contribution in [0.15, 0.2) is 77.5 Å². The van der Waals surface area contributed by atoms with Crippen molar-refractivity contribution >= 4 is 54.6 Å². The first-order chi connectivity index (χ1) is 17.7. The highest BCUT2D eigenvalue weighted by atomic mass is 79.9. The molecule has 1 fully saturated rings. The molecule has 3 heterocycles. The minimum absolute atomic E-state index is 0.115. The molecule has 0 saturated carbocycles. The van der Waals surface area contributed by atoms with Crippen molar-refractivity contribution in [2.24, 2.45) is 0 Å². The Labute approximate surface area is 231 Å². The molecule has 190 valence electrons. The maximum atomic E-state index is 16.4. The van der Waals surface area contributed by atoms with Crippen LogP contribution in [0.4, 0.5) is 4.39 Å². The highest BCUT2D eigenvalue weighted by Crippen LogP contribution is 2.40. The van der Waals surface area contributed by atoms with Crippen LogP contribution < -0.4 is 0 Å². The number of nitrogens with zero attached hydrogens (tertiary/aromatic N) is 3. The Bertz CT molecular complexity index is 1580. The van der Waals surface area contributed by atoms with Crippen molar-refractivity contribution in [1.82, 2.24) is 14.9 Å². The number of sulfone groups is 1. The quantitative estimate of drug-likeness (QED) is 0.277. The summed E-state index contributed by atoms with van der Waals surface area (Å²) in [5.41, 5.74) is 2.95. The molecule has 2 aromatic heterocycles. The third-order valence-corrected chi connectivity index (χ3v) is 10.7. The van der Waals surface area contributed by atoms with Crippen molar-refractivity contribution in [3.63, 3.8) is 0 Å². The second-order valence-corrected chi connectivity index (χ2v) is 13.2. The van der Waals surface area contributed by atoms with Gasteiger partial charge in [0.15, 0.2) is 9.84 Å². The second-order valence-electron chi connectivity index (χ2n) is 8.58. The first-order valence-electron chi connectivity index (χ1n) is 11.3. The molecule has 2 aromatic carbocycles. The Morgan fingerprint density at radius 2 is 1.92 bits per heavy atom. The molecule has 0 bridgehead atoms. The van der Waals surface area contributed by atoms with Gasteiger partial charge in [-0.1, -0.05) is 41.9 Å². The van der Waals surface area contributed by atoms with Crippen molar-refractivity contribution in [1.29, 1.82) is 0 Å². The summed E-state index contributed by atoms with van der Waals surface area (Å²) < 4.78 is 42.9. The standard InChI is InChI=1S/C26H20BrClFN3O3S2/c27-21-9-8-18(14-22(21)28)24(33)32-11-12-37(34,35)26(29,16-32)25-31-15-19(36-25)13-17-5-1-2-6-20(17)23-7-3-4-10-30-23/h1-10,14-15H,11-13,16H2/t26-/m0/s1. The molecule has 1 aliphatic heterocycles. The van der Waals surface area contributed by atoms with Gasteiger partial charge >= 0.3 is 0 Å². The third-order valence-electron chi connectivity index (χ3n) is 6.17. The van der Waals surface area contributed by atoms with E-state index in [1.807, 2.05) is 42.5 Å². The minimum atomic E-state index is -4.21. The van der Waals surface area contributed by atoms with Crippen molar-refractivity contribution in [2.75, 3.05) is 18.8 Å². The molecular formula is C26H20BrClFN3O3S2. The number of benzene rings is 2. The van der Waals surface area contributed by atoms with Gasteiger partial charge in [-0.15, -0.1) is 11.3 Å². The predicted octanol–water partition coefficient (Wildman–Crippen LogP) is 5.90. The number of amides is 1. The normalized spacial score (nSPS) is 19.1. The molecule has 0 aliphatic carbocycles. The molecule has 4 aromatic rings. The lowest BCUT2D eigenvalue weighted by atomic mass is 10.0. The fraction of sp³-hybridized carbons (Fsp3) is 0.192. The number of halogens is 3. The van der Waals surface area contributed by atoms with E-state index < -0.39 is 33.0 Å². The van der Waals surface area contributed by atoms with Crippen LogP contribution in [-0.4, -0.2) is 48.0 Å². The summed E-state index contributed by atoms with van der Waals surface area (Å²) in [5.74, 6) is -0.996. The highest BCUT2D eigenvalue weighted by molar-refractivity contribution is 9.10. The number of carbonyl (C=O) groups is 1. The number of pyridine rings is 1. The molecule has 0 spiro atoms. The maximum Gasteiger partial charge on any atom is 0.278 e. The Morgan fingerprint density at radius 3 is 2.68 bits per heavy atom. The van der Waals surface area contributed by atoms with Gasteiger partial charge in [0.05, 0.1) is 23.0 Å². The highest BCUT2D eigenvalue weighted by Gasteiger charge is 2.53. The zero-order chi connectivity index (χ0) is 26.2. The van der Waals surface area contributed by atoms with E-state index in [1.165, 1.54) is 17.2 Å². The van der Waals surface area contributed by atoms with Crippen LogP contribution in [0, 0.1) is 0 Å². The maximum absolute atomic E-state index is 16.4. The average molecular weight is 621 g/mol. The van der Waals surface area contributed by atoms with E-state index in [-0.39, 0.29) is 17.1 Å². The Morgan fingerprint density at radius 1 is 1.14 bits per heavy atom. The minimum Gasteiger partial charge on any atom is -0.333 e. The number of alkyl halides is 1. The lowest BCUT2D eigenvalue weighted by Crippen LogP contribution is -2.53. The topological polar surface area (TPSA) is 80.2 Å². The fourth-order valence-electron chi connectivity index (χ4n) is 4.20. The molecule has 1 atom stereocenters.